The van der Waals surface area contributed by atoms with Gasteiger partial charge in [0.15, 0.2) is 0 Å². The molecule has 1 aliphatic heterocycles. The molecular weight excluding hydrogens is 444 g/mol. The number of para-hydroxylation sites is 1. The summed E-state index contributed by atoms with van der Waals surface area (Å²) >= 11 is 1.51. The smallest absolute Gasteiger partial charge is 0.277 e. The second kappa shape index (κ2) is 9.00. The van der Waals surface area contributed by atoms with Crippen molar-refractivity contribution >= 4 is 22.7 Å². The Morgan fingerprint density at radius 3 is 2.76 bits per heavy atom. The van der Waals surface area contributed by atoms with E-state index in [1.54, 1.807) is 7.11 Å². The van der Waals surface area contributed by atoms with E-state index in [2.05, 4.69) is 56.9 Å². The lowest BCUT2D eigenvalue weighted by Crippen LogP contribution is -2.30. The number of hydrogen-bond donors (Lipinski definition) is 2. The first-order chi connectivity index (χ1) is 16.8. The maximum Gasteiger partial charge on any atom is 0.277 e. The van der Waals surface area contributed by atoms with Gasteiger partial charge in [-0.1, -0.05) is 54.2 Å². The molecule has 1 aliphatic rings. The number of ether oxygens (including phenoxy) is 1. The highest BCUT2D eigenvalue weighted by atomic mass is 32.2. The van der Waals surface area contributed by atoms with Crippen LogP contribution < -0.4 is 10.1 Å². The zero-order chi connectivity index (χ0) is 22.9. The van der Waals surface area contributed by atoms with Crippen molar-refractivity contribution in [3.63, 3.8) is 0 Å². The molecule has 7 heteroatoms. The van der Waals surface area contributed by atoms with Crippen LogP contribution in [0.4, 0.5) is 0 Å². The topological polar surface area (TPSA) is 76.0 Å². The third kappa shape index (κ3) is 3.87. The second-order valence-corrected chi connectivity index (χ2v) is 9.23. The number of fused-ring (bicyclic) bond motifs is 3. The Hall–Kier alpha value is -3.55. The average Bonchev–Trinajstić information content (AvgIpc) is 3.53. The van der Waals surface area contributed by atoms with Gasteiger partial charge >= 0.3 is 0 Å². The number of nitrogens with zero attached hydrogens (tertiary/aromatic N) is 2. The van der Waals surface area contributed by atoms with Gasteiger partial charge in [0, 0.05) is 40.0 Å². The van der Waals surface area contributed by atoms with Crippen LogP contribution in [0.25, 0.3) is 22.4 Å². The van der Waals surface area contributed by atoms with Crippen molar-refractivity contribution in [1.29, 1.82) is 0 Å². The van der Waals surface area contributed by atoms with Crippen molar-refractivity contribution in [3.05, 3.63) is 95.2 Å². The quantitative estimate of drug-likeness (QED) is 0.309. The van der Waals surface area contributed by atoms with E-state index in [1.165, 1.54) is 39.5 Å². The van der Waals surface area contributed by atoms with Crippen LogP contribution in [-0.4, -0.2) is 28.8 Å². The van der Waals surface area contributed by atoms with E-state index in [9.17, 15) is 0 Å². The van der Waals surface area contributed by atoms with E-state index in [0.717, 1.165) is 29.8 Å². The standard InChI is InChI=1S/C27H24N4O2S/c1-32-23-12-11-18(24-25-21(13-14-28-24)20-9-5-6-10-22(20)29-25)15-19(23)16-34-27-31-30-26(33-27)17-7-3-2-4-8-17/h2-12,15,24,28-29H,13-14,16H2,1H3/t24-/m1/s1. The van der Waals surface area contributed by atoms with Crippen LogP contribution in [-0.2, 0) is 12.2 Å². The van der Waals surface area contributed by atoms with E-state index in [1.807, 2.05) is 36.4 Å². The molecule has 2 aromatic heterocycles. The fourth-order valence-corrected chi connectivity index (χ4v) is 5.40. The number of H-pyrrole nitrogens is 1. The van der Waals surface area contributed by atoms with Crippen LogP contribution in [0.15, 0.2) is 82.4 Å². The molecule has 34 heavy (non-hydrogen) atoms. The number of nitrogens with one attached hydrogen (secondary N) is 2. The fourth-order valence-electron chi connectivity index (χ4n) is 4.66. The molecule has 0 unspecified atom stereocenters. The molecule has 6 nitrogen and oxygen atoms in total. The predicted octanol–water partition coefficient (Wildman–Crippen LogP) is 5.75. The van der Waals surface area contributed by atoms with Crippen molar-refractivity contribution in [2.45, 2.75) is 23.4 Å². The molecule has 0 spiro atoms. The molecule has 5 aromatic rings. The number of methoxy groups -OCH3 is 1. The van der Waals surface area contributed by atoms with Crippen molar-refractivity contribution in [2.75, 3.05) is 13.7 Å². The van der Waals surface area contributed by atoms with Crippen molar-refractivity contribution < 1.29 is 9.15 Å². The third-order valence-electron chi connectivity index (χ3n) is 6.27. The largest absolute Gasteiger partial charge is 0.496 e. The Kier molecular flexibility index (Phi) is 5.57. The van der Waals surface area contributed by atoms with E-state index in [4.69, 9.17) is 9.15 Å². The molecule has 0 radical (unpaired) electrons. The monoisotopic (exact) mass is 468 g/mol. The highest BCUT2D eigenvalue weighted by molar-refractivity contribution is 7.98. The van der Waals surface area contributed by atoms with Gasteiger partial charge in [-0.05, 0) is 47.9 Å². The minimum Gasteiger partial charge on any atom is -0.496 e. The summed E-state index contributed by atoms with van der Waals surface area (Å²) in [6.07, 6.45) is 1.02. The van der Waals surface area contributed by atoms with Gasteiger partial charge in [-0.15, -0.1) is 10.2 Å². The highest BCUT2D eigenvalue weighted by Gasteiger charge is 2.25. The molecule has 0 saturated heterocycles. The van der Waals surface area contributed by atoms with Crippen LogP contribution in [0.5, 0.6) is 5.75 Å². The summed E-state index contributed by atoms with van der Waals surface area (Å²) in [6.45, 7) is 0.944. The second-order valence-electron chi connectivity index (χ2n) is 8.30. The summed E-state index contributed by atoms with van der Waals surface area (Å²) in [5.74, 6) is 2.05. The maximum atomic E-state index is 5.87. The molecule has 0 amide bonds. The fraction of sp³-hybridized carbons (Fsp3) is 0.185. The number of benzene rings is 3. The molecule has 3 heterocycles. The molecular formula is C27H24N4O2S. The molecule has 6 rings (SSSR count). The molecule has 0 saturated carbocycles. The summed E-state index contributed by atoms with van der Waals surface area (Å²) in [6, 6.07) is 24.9. The number of aromatic nitrogens is 3. The van der Waals surface area contributed by atoms with Crippen LogP contribution in [0.1, 0.15) is 28.4 Å². The molecule has 2 N–H and O–H groups in total. The van der Waals surface area contributed by atoms with Gasteiger partial charge in [0.1, 0.15) is 5.75 Å². The Morgan fingerprint density at radius 1 is 1.03 bits per heavy atom. The highest BCUT2D eigenvalue weighted by Crippen LogP contribution is 2.36. The van der Waals surface area contributed by atoms with Crippen molar-refractivity contribution in [1.82, 2.24) is 20.5 Å². The molecule has 3 aromatic carbocycles. The van der Waals surface area contributed by atoms with Gasteiger partial charge < -0.3 is 19.5 Å². The maximum absolute atomic E-state index is 5.87. The summed E-state index contributed by atoms with van der Waals surface area (Å²) < 4.78 is 11.5. The lowest BCUT2D eigenvalue weighted by atomic mass is 9.93. The number of hydrogen-bond acceptors (Lipinski definition) is 6. The van der Waals surface area contributed by atoms with Gasteiger partial charge in [-0.2, -0.15) is 0 Å². The van der Waals surface area contributed by atoms with E-state index < -0.39 is 0 Å². The number of aromatic amines is 1. The Balaban J connectivity index is 1.27. The van der Waals surface area contributed by atoms with Crippen molar-refractivity contribution in [2.24, 2.45) is 0 Å². The van der Waals surface area contributed by atoms with Gasteiger partial charge in [-0.3, -0.25) is 0 Å². The number of thioether (sulfide) groups is 1. The van der Waals surface area contributed by atoms with Crippen LogP contribution in [0.3, 0.4) is 0 Å². The van der Waals surface area contributed by atoms with Gasteiger partial charge in [0.2, 0.25) is 5.89 Å². The average molecular weight is 469 g/mol. The molecule has 0 aliphatic carbocycles. The third-order valence-corrected chi connectivity index (χ3v) is 7.14. The number of rotatable bonds is 6. The Labute approximate surface area is 201 Å². The zero-order valence-electron chi connectivity index (χ0n) is 18.7. The lowest BCUT2D eigenvalue weighted by Gasteiger charge is -2.25. The predicted molar refractivity (Wildman–Crippen MR) is 134 cm³/mol. The summed E-state index contributed by atoms with van der Waals surface area (Å²) in [7, 11) is 1.71. The molecule has 170 valence electrons. The van der Waals surface area contributed by atoms with Gasteiger partial charge in [0.25, 0.3) is 5.22 Å². The minimum atomic E-state index is 0.110. The van der Waals surface area contributed by atoms with E-state index in [0.29, 0.717) is 16.9 Å². The van der Waals surface area contributed by atoms with Gasteiger partial charge in [0.05, 0.1) is 13.2 Å². The summed E-state index contributed by atoms with van der Waals surface area (Å²) in [5, 5.41) is 14.0. The van der Waals surface area contributed by atoms with Crippen molar-refractivity contribution in [3.8, 4) is 17.2 Å². The lowest BCUT2D eigenvalue weighted by molar-refractivity contribution is 0.410. The molecule has 0 fully saturated rings. The van der Waals surface area contributed by atoms with Crippen LogP contribution in [0, 0.1) is 0 Å². The summed E-state index contributed by atoms with van der Waals surface area (Å²) in [4.78, 5) is 3.66. The Morgan fingerprint density at radius 2 is 1.88 bits per heavy atom. The van der Waals surface area contributed by atoms with Gasteiger partial charge in [-0.25, -0.2) is 0 Å². The summed E-state index contributed by atoms with van der Waals surface area (Å²) in [5.41, 5.74) is 7.06. The van der Waals surface area contributed by atoms with Crippen LogP contribution in [0.2, 0.25) is 0 Å². The van der Waals surface area contributed by atoms with Crippen LogP contribution >= 0.6 is 11.8 Å². The first-order valence-corrected chi connectivity index (χ1v) is 12.3. The van der Waals surface area contributed by atoms with E-state index in [-0.39, 0.29) is 6.04 Å². The van der Waals surface area contributed by atoms with E-state index >= 15 is 0 Å². The first kappa shape index (κ1) is 21.0. The minimum absolute atomic E-state index is 0.110. The molecule has 0 bridgehead atoms. The SMILES string of the molecule is COc1ccc([C@H]2NCCc3c2[nH]c2ccccc32)cc1CSc1nnc(-c2ccccc2)o1. The molecule has 1 atom stereocenters. The normalized spacial score (nSPS) is 15.4. The first-order valence-electron chi connectivity index (χ1n) is 11.3. The Bertz CT molecular complexity index is 1440. The zero-order valence-corrected chi connectivity index (χ0v) is 19.6.